The lowest BCUT2D eigenvalue weighted by Crippen LogP contribution is -2.21. The summed E-state index contributed by atoms with van der Waals surface area (Å²) in [6.07, 6.45) is 1.90. The van der Waals surface area contributed by atoms with Gasteiger partial charge >= 0.3 is 0 Å². The molecule has 1 heterocycles. The van der Waals surface area contributed by atoms with E-state index in [9.17, 15) is 4.79 Å². The molecule has 23 heavy (non-hydrogen) atoms. The van der Waals surface area contributed by atoms with Crippen LogP contribution in [0.3, 0.4) is 0 Å². The maximum absolute atomic E-state index is 11.8. The molecule has 1 aromatic heterocycles. The standard InChI is InChI=1S/C17H22N4OS/c1-4-21(5-2)16-8-6-14(7-9-16)11-18-20-17(22)10-15-12-23-13(3)19-15/h6-9,11-12H,4-5,10H2,1-3H3,(H,20,22)/b18-11-. The molecule has 0 bridgehead atoms. The third-order valence-electron chi connectivity index (χ3n) is 3.43. The number of amides is 1. The van der Waals surface area contributed by atoms with Gasteiger partial charge in [-0.1, -0.05) is 12.1 Å². The second-order valence-electron chi connectivity index (χ2n) is 5.09. The topological polar surface area (TPSA) is 57.6 Å². The van der Waals surface area contributed by atoms with Gasteiger partial charge in [0.1, 0.15) is 0 Å². The molecule has 0 fully saturated rings. The van der Waals surface area contributed by atoms with Crippen LogP contribution in [0.25, 0.3) is 0 Å². The zero-order valence-corrected chi connectivity index (χ0v) is 14.6. The highest BCUT2D eigenvalue weighted by atomic mass is 32.1. The lowest BCUT2D eigenvalue weighted by atomic mass is 10.2. The van der Waals surface area contributed by atoms with E-state index in [1.807, 2.05) is 24.4 Å². The largest absolute Gasteiger partial charge is 0.372 e. The van der Waals surface area contributed by atoms with Crippen molar-refractivity contribution in [2.75, 3.05) is 18.0 Å². The van der Waals surface area contributed by atoms with Crippen molar-refractivity contribution in [3.05, 3.63) is 45.9 Å². The summed E-state index contributed by atoms with van der Waals surface area (Å²) in [7, 11) is 0. The van der Waals surface area contributed by atoms with E-state index in [0.29, 0.717) is 0 Å². The molecule has 122 valence electrons. The summed E-state index contributed by atoms with van der Waals surface area (Å²) in [5.41, 5.74) is 5.45. The highest BCUT2D eigenvalue weighted by molar-refractivity contribution is 7.09. The molecule has 0 saturated heterocycles. The fourth-order valence-corrected chi connectivity index (χ4v) is 2.84. The van der Waals surface area contributed by atoms with Gasteiger partial charge in [-0.3, -0.25) is 4.79 Å². The van der Waals surface area contributed by atoms with Gasteiger partial charge in [-0.2, -0.15) is 5.10 Å². The number of nitrogens with zero attached hydrogens (tertiary/aromatic N) is 3. The van der Waals surface area contributed by atoms with Gasteiger partial charge in [-0.05, 0) is 38.5 Å². The van der Waals surface area contributed by atoms with E-state index in [1.165, 1.54) is 5.69 Å². The summed E-state index contributed by atoms with van der Waals surface area (Å²) in [4.78, 5) is 18.3. The number of carbonyl (C=O) groups excluding carboxylic acids is 1. The number of hydrogen-bond acceptors (Lipinski definition) is 5. The zero-order valence-electron chi connectivity index (χ0n) is 13.7. The van der Waals surface area contributed by atoms with E-state index in [-0.39, 0.29) is 12.3 Å². The molecule has 2 aromatic rings. The van der Waals surface area contributed by atoms with Crippen molar-refractivity contribution in [3.63, 3.8) is 0 Å². The van der Waals surface area contributed by atoms with Gasteiger partial charge in [-0.25, -0.2) is 10.4 Å². The molecule has 2 rings (SSSR count). The fraction of sp³-hybridized carbons (Fsp3) is 0.353. The predicted octanol–water partition coefficient (Wildman–Crippen LogP) is 2.99. The molecular weight excluding hydrogens is 308 g/mol. The monoisotopic (exact) mass is 330 g/mol. The molecule has 0 spiro atoms. The van der Waals surface area contributed by atoms with Crippen LogP contribution in [0.2, 0.25) is 0 Å². The number of aryl methyl sites for hydroxylation is 1. The van der Waals surface area contributed by atoms with Crippen LogP contribution in [0.4, 0.5) is 5.69 Å². The number of rotatable bonds is 7. The number of anilines is 1. The molecule has 0 unspecified atom stereocenters. The van der Waals surface area contributed by atoms with Crippen LogP contribution in [0, 0.1) is 6.92 Å². The lowest BCUT2D eigenvalue weighted by molar-refractivity contribution is -0.120. The molecule has 0 saturated carbocycles. The van der Waals surface area contributed by atoms with Gasteiger partial charge in [0.15, 0.2) is 0 Å². The Balaban J connectivity index is 1.86. The smallest absolute Gasteiger partial charge is 0.246 e. The van der Waals surface area contributed by atoms with Crippen LogP contribution in [-0.4, -0.2) is 30.2 Å². The molecular formula is C17H22N4OS. The Morgan fingerprint density at radius 1 is 1.30 bits per heavy atom. The zero-order chi connectivity index (χ0) is 16.7. The molecule has 0 aliphatic heterocycles. The molecule has 5 nitrogen and oxygen atoms in total. The number of nitrogens with one attached hydrogen (secondary N) is 1. The molecule has 0 radical (unpaired) electrons. The highest BCUT2D eigenvalue weighted by Crippen LogP contribution is 2.14. The first-order chi connectivity index (χ1) is 11.1. The van der Waals surface area contributed by atoms with Crippen LogP contribution in [0.5, 0.6) is 0 Å². The van der Waals surface area contributed by atoms with Crippen LogP contribution in [0.15, 0.2) is 34.7 Å². The van der Waals surface area contributed by atoms with Crippen molar-refractivity contribution >= 4 is 29.1 Å². The third-order valence-corrected chi connectivity index (χ3v) is 4.26. The van der Waals surface area contributed by atoms with Gasteiger partial charge in [0.2, 0.25) is 5.91 Å². The molecule has 1 aromatic carbocycles. The number of benzene rings is 1. The molecule has 0 atom stereocenters. The number of hydrazone groups is 1. The second-order valence-corrected chi connectivity index (χ2v) is 6.15. The van der Waals surface area contributed by atoms with Crippen molar-refractivity contribution in [1.29, 1.82) is 0 Å². The summed E-state index contributed by atoms with van der Waals surface area (Å²) in [6, 6.07) is 8.11. The minimum Gasteiger partial charge on any atom is -0.372 e. The van der Waals surface area contributed by atoms with Gasteiger partial charge < -0.3 is 4.90 Å². The highest BCUT2D eigenvalue weighted by Gasteiger charge is 2.05. The van der Waals surface area contributed by atoms with E-state index in [0.717, 1.165) is 29.4 Å². The van der Waals surface area contributed by atoms with Crippen LogP contribution < -0.4 is 10.3 Å². The minimum atomic E-state index is -0.161. The van der Waals surface area contributed by atoms with E-state index >= 15 is 0 Å². The van der Waals surface area contributed by atoms with Crippen molar-refractivity contribution < 1.29 is 4.79 Å². The maximum Gasteiger partial charge on any atom is 0.246 e. The van der Waals surface area contributed by atoms with Crippen molar-refractivity contribution in [2.45, 2.75) is 27.2 Å². The van der Waals surface area contributed by atoms with Crippen LogP contribution >= 0.6 is 11.3 Å². The van der Waals surface area contributed by atoms with Gasteiger partial charge in [0.25, 0.3) is 0 Å². The van der Waals surface area contributed by atoms with E-state index in [2.05, 4.69) is 46.4 Å². The Morgan fingerprint density at radius 2 is 2.00 bits per heavy atom. The van der Waals surface area contributed by atoms with Crippen molar-refractivity contribution in [2.24, 2.45) is 5.10 Å². The van der Waals surface area contributed by atoms with E-state index in [4.69, 9.17) is 0 Å². The SMILES string of the molecule is CCN(CC)c1ccc(/C=N\NC(=O)Cc2csc(C)n2)cc1. The van der Waals surface area contributed by atoms with Gasteiger partial charge in [0, 0.05) is 24.2 Å². The number of hydrogen-bond donors (Lipinski definition) is 1. The Hall–Kier alpha value is -2.21. The third kappa shape index (κ3) is 5.17. The Bertz CT molecular complexity index is 659. The Kier molecular flexibility index (Phi) is 6.29. The van der Waals surface area contributed by atoms with Crippen molar-refractivity contribution in [1.82, 2.24) is 10.4 Å². The summed E-state index contributed by atoms with van der Waals surface area (Å²) in [6.45, 7) is 8.16. The molecule has 0 aliphatic rings. The van der Waals surface area contributed by atoms with Crippen molar-refractivity contribution in [3.8, 4) is 0 Å². The van der Waals surface area contributed by atoms with Gasteiger partial charge in [-0.15, -0.1) is 11.3 Å². The quantitative estimate of drug-likeness (QED) is 0.627. The summed E-state index contributed by atoms with van der Waals surface area (Å²) in [5.74, 6) is -0.161. The lowest BCUT2D eigenvalue weighted by Gasteiger charge is -2.20. The average Bonchev–Trinajstić information content (AvgIpc) is 2.95. The number of carbonyl (C=O) groups is 1. The first-order valence-corrected chi connectivity index (χ1v) is 8.58. The summed E-state index contributed by atoms with van der Waals surface area (Å²) < 4.78 is 0. The number of thiazole rings is 1. The number of aromatic nitrogens is 1. The normalized spacial score (nSPS) is 10.9. The van der Waals surface area contributed by atoms with E-state index in [1.54, 1.807) is 17.6 Å². The minimum absolute atomic E-state index is 0.161. The molecule has 1 amide bonds. The van der Waals surface area contributed by atoms with Crippen LogP contribution in [-0.2, 0) is 11.2 Å². The average molecular weight is 330 g/mol. The predicted molar refractivity (Wildman–Crippen MR) is 96.3 cm³/mol. The maximum atomic E-state index is 11.8. The molecule has 0 aliphatic carbocycles. The van der Waals surface area contributed by atoms with E-state index < -0.39 is 0 Å². The van der Waals surface area contributed by atoms with Gasteiger partial charge in [0.05, 0.1) is 23.3 Å². The summed E-state index contributed by atoms with van der Waals surface area (Å²) in [5, 5.41) is 6.85. The molecule has 6 heteroatoms. The fourth-order valence-electron chi connectivity index (χ4n) is 2.23. The van der Waals surface area contributed by atoms with Crippen LogP contribution in [0.1, 0.15) is 30.1 Å². The summed E-state index contributed by atoms with van der Waals surface area (Å²) >= 11 is 1.54. The first kappa shape index (κ1) is 17.1. The Morgan fingerprint density at radius 3 is 2.57 bits per heavy atom. The Labute approximate surface area is 141 Å². The second kappa shape index (κ2) is 8.43. The molecule has 1 N–H and O–H groups in total. The first-order valence-electron chi connectivity index (χ1n) is 7.70.